The lowest BCUT2D eigenvalue weighted by Crippen LogP contribution is -2.37. The van der Waals surface area contributed by atoms with Crippen LogP contribution in [-0.4, -0.2) is 52.8 Å². The summed E-state index contributed by atoms with van der Waals surface area (Å²) in [5, 5.41) is 7.43. The van der Waals surface area contributed by atoms with Gasteiger partial charge in [0.25, 0.3) is 0 Å². The van der Waals surface area contributed by atoms with Crippen molar-refractivity contribution in [2.75, 3.05) is 19.6 Å². The largest absolute Gasteiger partial charge is 0.491 e. The van der Waals surface area contributed by atoms with E-state index in [9.17, 15) is 22.8 Å². The topological polar surface area (TPSA) is 72.4 Å². The van der Waals surface area contributed by atoms with E-state index in [1.54, 1.807) is 23.4 Å². The minimum atomic E-state index is -5.17. The lowest BCUT2D eigenvalue weighted by Gasteiger charge is -2.25. The SMILES string of the molecule is O=C(CN1CC=C(c2ccnnc2)CC1)OC(=O)C(F)(F)F. The van der Waals surface area contributed by atoms with Crippen molar-refractivity contribution in [2.24, 2.45) is 0 Å². The molecule has 1 aromatic heterocycles. The number of ether oxygens (including phenoxy) is 1. The molecule has 0 atom stereocenters. The van der Waals surface area contributed by atoms with Gasteiger partial charge in [0.15, 0.2) is 0 Å². The molecule has 0 bridgehead atoms. The number of alkyl halides is 3. The molecule has 0 saturated heterocycles. The number of nitrogens with zero attached hydrogens (tertiary/aromatic N) is 3. The van der Waals surface area contributed by atoms with Crippen LogP contribution in [0.25, 0.3) is 5.57 Å². The summed E-state index contributed by atoms with van der Waals surface area (Å²) in [4.78, 5) is 23.4. The van der Waals surface area contributed by atoms with E-state index in [1.165, 1.54) is 0 Å². The highest BCUT2D eigenvalue weighted by atomic mass is 19.4. The van der Waals surface area contributed by atoms with Gasteiger partial charge in [-0.1, -0.05) is 6.08 Å². The number of esters is 2. The minimum Gasteiger partial charge on any atom is -0.385 e. The summed E-state index contributed by atoms with van der Waals surface area (Å²) in [6.07, 6.45) is 0.449. The van der Waals surface area contributed by atoms with Crippen LogP contribution < -0.4 is 0 Å². The average Bonchev–Trinajstić information content (AvgIpc) is 2.48. The van der Waals surface area contributed by atoms with Gasteiger partial charge >= 0.3 is 18.1 Å². The molecule has 0 saturated carbocycles. The van der Waals surface area contributed by atoms with Crippen LogP contribution in [0.5, 0.6) is 0 Å². The number of hydrogen-bond donors (Lipinski definition) is 0. The fourth-order valence-corrected chi connectivity index (χ4v) is 1.97. The van der Waals surface area contributed by atoms with Crippen molar-refractivity contribution < 1.29 is 27.5 Å². The number of carbonyl (C=O) groups is 2. The van der Waals surface area contributed by atoms with E-state index in [4.69, 9.17) is 0 Å². The molecule has 2 rings (SSSR count). The molecule has 2 heterocycles. The van der Waals surface area contributed by atoms with Crippen molar-refractivity contribution in [3.05, 3.63) is 30.1 Å². The Morgan fingerprint density at radius 1 is 1.32 bits per heavy atom. The summed E-state index contributed by atoms with van der Waals surface area (Å²) in [5.74, 6) is -3.71. The molecule has 0 amide bonds. The molecule has 22 heavy (non-hydrogen) atoms. The van der Waals surface area contributed by atoms with Gasteiger partial charge in [0.1, 0.15) is 0 Å². The Labute approximate surface area is 123 Å². The third-order valence-electron chi connectivity index (χ3n) is 3.04. The van der Waals surface area contributed by atoms with Crippen molar-refractivity contribution in [1.29, 1.82) is 0 Å². The van der Waals surface area contributed by atoms with Crippen molar-refractivity contribution in [2.45, 2.75) is 12.6 Å². The smallest absolute Gasteiger partial charge is 0.385 e. The highest BCUT2D eigenvalue weighted by Crippen LogP contribution is 2.21. The molecule has 0 unspecified atom stereocenters. The number of hydrogen-bond acceptors (Lipinski definition) is 6. The third-order valence-corrected chi connectivity index (χ3v) is 3.04. The quantitative estimate of drug-likeness (QED) is 0.616. The maximum Gasteiger partial charge on any atom is 0.491 e. The molecule has 0 radical (unpaired) electrons. The molecule has 0 fully saturated rings. The normalized spacial score (nSPS) is 16.0. The standard InChI is InChI=1S/C13H12F3N3O3/c14-13(15,16)12(21)22-11(20)8-19-5-2-9(3-6-19)10-1-4-17-18-7-10/h1-2,4,7H,3,5-6,8H2. The van der Waals surface area contributed by atoms with Crippen LogP contribution in [0.15, 0.2) is 24.5 Å². The average molecular weight is 315 g/mol. The van der Waals surface area contributed by atoms with Gasteiger partial charge in [-0.3, -0.25) is 9.69 Å². The monoisotopic (exact) mass is 315 g/mol. The second-order valence-corrected chi connectivity index (χ2v) is 4.60. The van der Waals surface area contributed by atoms with Gasteiger partial charge in [0.05, 0.1) is 18.9 Å². The van der Waals surface area contributed by atoms with Crippen LogP contribution >= 0.6 is 0 Å². The fraction of sp³-hybridized carbons (Fsp3) is 0.385. The van der Waals surface area contributed by atoms with Crippen LogP contribution in [0, 0.1) is 0 Å². The van der Waals surface area contributed by atoms with Gasteiger partial charge in [0.2, 0.25) is 0 Å². The summed E-state index contributed by atoms with van der Waals surface area (Å²) in [6, 6.07) is 1.80. The number of aromatic nitrogens is 2. The first-order valence-electron chi connectivity index (χ1n) is 6.36. The summed E-state index contributed by atoms with van der Waals surface area (Å²) in [5.41, 5.74) is 1.93. The molecule has 6 nitrogen and oxygen atoms in total. The lowest BCUT2D eigenvalue weighted by atomic mass is 10.0. The summed E-state index contributed by atoms with van der Waals surface area (Å²) in [7, 11) is 0. The molecule has 118 valence electrons. The molecular formula is C13H12F3N3O3. The number of carbonyl (C=O) groups excluding carboxylic acids is 2. The van der Waals surface area contributed by atoms with Crippen LogP contribution in [-0.2, 0) is 14.3 Å². The van der Waals surface area contributed by atoms with Gasteiger partial charge < -0.3 is 4.74 Å². The van der Waals surface area contributed by atoms with Crippen LogP contribution in [0.4, 0.5) is 13.2 Å². The van der Waals surface area contributed by atoms with E-state index in [2.05, 4.69) is 14.9 Å². The predicted molar refractivity (Wildman–Crippen MR) is 68.2 cm³/mol. The van der Waals surface area contributed by atoms with Crippen molar-refractivity contribution in [3.8, 4) is 0 Å². The van der Waals surface area contributed by atoms with Gasteiger partial charge in [-0.15, -0.1) is 0 Å². The second-order valence-electron chi connectivity index (χ2n) is 4.60. The van der Waals surface area contributed by atoms with E-state index in [1.807, 2.05) is 6.08 Å². The zero-order valence-corrected chi connectivity index (χ0v) is 11.3. The Morgan fingerprint density at radius 2 is 2.09 bits per heavy atom. The van der Waals surface area contributed by atoms with Crippen LogP contribution in [0.2, 0.25) is 0 Å². The molecule has 0 aromatic carbocycles. The lowest BCUT2D eigenvalue weighted by molar-refractivity contribution is -0.202. The Hall–Kier alpha value is -2.29. The number of rotatable bonds is 3. The van der Waals surface area contributed by atoms with Gasteiger partial charge in [0, 0.05) is 13.1 Å². The van der Waals surface area contributed by atoms with E-state index in [0.29, 0.717) is 19.5 Å². The second kappa shape index (κ2) is 6.65. The van der Waals surface area contributed by atoms with Gasteiger partial charge in [-0.2, -0.15) is 23.4 Å². The summed E-state index contributed by atoms with van der Waals surface area (Å²) in [6.45, 7) is 0.455. The Kier molecular flexibility index (Phi) is 4.86. The summed E-state index contributed by atoms with van der Waals surface area (Å²) >= 11 is 0. The first-order valence-corrected chi connectivity index (χ1v) is 6.36. The van der Waals surface area contributed by atoms with E-state index < -0.39 is 18.1 Å². The highest BCUT2D eigenvalue weighted by molar-refractivity contribution is 5.89. The predicted octanol–water partition coefficient (Wildman–Crippen LogP) is 1.20. The molecule has 1 aromatic rings. The molecule has 9 heteroatoms. The van der Waals surface area contributed by atoms with Crippen LogP contribution in [0.3, 0.4) is 0 Å². The zero-order chi connectivity index (χ0) is 16.2. The third kappa shape index (κ3) is 4.35. The van der Waals surface area contributed by atoms with E-state index in [0.717, 1.165) is 11.1 Å². The highest BCUT2D eigenvalue weighted by Gasteiger charge is 2.42. The van der Waals surface area contributed by atoms with Crippen molar-refractivity contribution >= 4 is 17.5 Å². The van der Waals surface area contributed by atoms with Crippen LogP contribution in [0.1, 0.15) is 12.0 Å². The number of halogens is 3. The molecule has 0 N–H and O–H groups in total. The first kappa shape index (κ1) is 16.1. The maximum absolute atomic E-state index is 12.0. The fourth-order valence-electron chi connectivity index (χ4n) is 1.97. The summed E-state index contributed by atoms with van der Waals surface area (Å²) < 4.78 is 39.6. The van der Waals surface area contributed by atoms with E-state index >= 15 is 0 Å². The van der Waals surface area contributed by atoms with E-state index in [-0.39, 0.29) is 6.54 Å². The minimum absolute atomic E-state index is 0.368. The van der Waals surface area contributed by atoms with Gasteiger partial charge in [-0.25, -0.2) is 4.79 Å². The van der Waals surface area contributed by atoms with Crippen molar-refractivity contribution in [3.63, 3.8) is 0 Å². The Morgan fingerprint density at radius 3 is 2.64 bits per heavy atom. The van der Waals surface area contributed by atoms with Gasteiger partial charge in [-0.05, 0) is 23.6 Å². The molecule has 0 spiro atoms. The Bertz CT molecular complexity index is 587. The molecule has 1 aliphatic rings. The molecular weight excluding hydrogens is 303 g/mol. The molecule has 1 aliphatic heterocycles. The first-order chi connectivity index (χ1) is 10.4. The van der Waals surface area contributed by atoms with Crippen molar-refractivity contribution in [1.82, 2.24) is 15.1 Å². The molecule has 0 aliphatic carbocycles. The maximum atomic E-state index is 12.0. The Balaban J connectivity index is 1.86. The zero-order valence-electron chi connectivity index (χ0n) is 11.3.